The summed E-state index contributed by atoms with van der Waals surface area (Å²) in [6.07, 6.45) is 0. The van der Waals surface area contributed by atoms with E-state index in [2.05, 4.69) is 0 Å². The molecule has 0 aromatic heterocycles. The van der Waals surface area contributed by atoms with Crippen molar-refractivity contribution < 1.29 is 24.1 Å². The van der Waals surface area contributed by atoms with Crippen LogP contribution in [0.2, 0.25) is 0 Å². The van der Waals surface area contributed by atoms with Crippen molar-refractivity contribution in [3.8, 4) is 17.2 Å². The Morgan fingerprint density at radius 3 is 2.44 bits per heavy atom. The summed E-state index contributed by atoms with van der Waals surface area (Å²) in [7, 11) is 4.53. The number of methoxy groups -OCH3 is 3. The lowest BCUT2D eigenvalue weighted by Crippen LogP contribution is -1.98. The van der Waals surface area contributed by atoms with Gasteiger partial charge in [0.05, 0.1) is 20.8 Å². The van der Waals surface area contributed by atoms with Crippen LogP contribution in [0.5, 0.6) is 17.2 Å². The van der Waals surface area contributed by atoms with E-state index in [9.17, 15) is 5.11 Å². The van der Waals surface area contributed by atoms with Crippen molar-refractivity contribution in [2.24, 2.45) is 0 Å². The fourth-order valence-electron chi connectivity index (χ4n) is 1.33. The maximum atomic E-state index is 9.67. The standard InChI is InChI=1S/C11H16O5/c1-13-7-16-6-8-4-9(12)11(15-3)10(5-8)14-2/h4-5,12H,6-7H2,1-3H3. The van der Waals surface area contributed by atoms with E-state index in [4.69, 9.17) is 18.9 Å². The predicted octanol–water partition coefficient (Wildman–Crippen LogP) is 1.53. The number of benzene rings is 1. The number of hydrogen-bond donors (Lipinski definition) is 1. The van der Waals surface area contributed by atoms with Gasteiger partial charge in [0.2, 0.25) is 5.75 Å². The van der Waals surface area contributed by atoms with Gasteiger partial charge in [-0.15, -0.1) is 0 Å². The van der Waals surface area contributed by atoms with Crippen molar-refractivity contribution in [1.29, 1.82) is 0 Å². The first-order valence-corrected chi connectivity index (χ1v) is 4.73. The molecule has 0 saturated heterocycles. The third kappa shape index (κ3) is 3.01. The van der Waals surface area contributed by atoms with Crippen LogP contribution in [-0.2, 0) is 16.1 Å². The summed E-state index contributed by atoms with van der Waals surface area (Å²) in [5.41, 5.74) is 0.784. The van der Waals surface area contributed by atoms with Gasteiger partial charge < -0.3 is 24.1 Å². The summed E-state index contributed by atoms with van der Waals surface area (Å²) in [5, 5.41) is 9.67. The van der Waals surface area contributed by atoms with Crippen molar-refractivity contribution in [1.82, 2.24) is 0 Å². The zero-order chi connectivity index (χ0) is 12.0. The number of hydrogen-bond acceptors (Lipinski definition) is 5. The van der Waals surface area contributed by atoms with Crippen molar-refractivity contribution in [2.75, 3.05) is 28.1 Å². The quantitative estimate of drug-likeness (QED) is 0.591. The second kappa shape index (κ2) is 6.19. The molecule has 0 amide bonds. The Hall–Kier alpha value is -1.46. The summed E-state index contributed by atoms with van der Waals surface area (Å²) in [4.78, 5) is 0. The second-order valence-electron chi connectivity index (χ2n) is 3.11. The SMILES string of the molecule is COCOCc1cc(O)c(OC)c(OC)c1. The zero-order valence-electron chi connectivity index (χ0n) is 9.65. The molecule has 0 fully saturated rings. The number of phenols is 1. The van der Waals surface area contributed by atoms with Crippen molar-refractivity contribution in [3.63, 3.8) is 0 Å². The van der Waals surface area contributed by atoms with Gasteiger partial charge in [-0.05, 0) is 17.7 Å². The van der Waals surface area contributed by atoms with Crippen LogP contribution in [0.4, 0.5) is 0 Å². The van der Waals surface area contributed by atoms with Crippen LogP contribution in [0.1, 0.15) is 5.56 Å². The highest BCUT2D eigenvalue weighted by Crippen LogP contribution is 2.37. The van der Waals surface area contributed by atoms with E-state index < -0.39 is 0 Å². The van der Waals surface area contributed by atoms with E-state index in [0.717, 1.165) is 5.56 Å². The Bertz CT molecular complexity index is 337. The molecule has 90 valence electrons. The van der Waals surface area contributed by atoms with Gasteiger partial charge in [-0.2, -0.15) is 0 Å². The fraction of sp³-hybridized carbons (Fsp3) is 0.455. The first kappa shape index (κ1) is 12.6. The van der Waals surface area contributed by atoms with Crippen LogP contribution in [0.3, 0.4) is 0 Å². The minimum atomic E-state index is 0.0258. The summed E-state index contributed by atoms with van der Waals surface area (Å²) < 4.78 is 20.0. The first-order chi connectivity index (χ1) is 7.72. The van der Waals surface area contributed by atoms with E-state index in [1.807, 2.05) is 0 Å². The number of aromatic hydroxyl groups is 1. The van der Waals surface area contributed by atoms with Crippen molar-refractivity contribution in [3.05, 3.63) is 17.7 Å². The molecule has 0 atom stereocenters. The molecule has 5 heteroatoms. The molecule has 0 unspecified atom stereocenters. The smallest absolute Gasteiger partial charge is 0.203 e. The topological polar surface area (TPSA) is 57.2 Å². The molecule has 1 rings (SSSR count). The molecule has 0 heterocycles. The molecule has 1 N–H and O–H groups in total. The highest BCUT2D eigenvalue weighted by molar-refractivity contribution is 5.52. The van der Waals surface area contributed by atoms with Crippen LogP contribution >= 0.6 is 0 Å². The molecule has 0 bridgehead atoms. The molecular formula is C11H16O5. The summed E-state index contributed by atoms with van der Waals surface area (Å²) in [6.45, 7) is 0.539. The molecule has 0 radical (unpaired) electrons. The summed E-state index contributed by atoms with van der Waals surface area (Å²) in [6, 6.07) is 3.31. The molecule has 0 aliphatic carbocycles. The lowest BCUT2D eigenvalue weighted by atomic mass is 10.2. The zero-order valence-corrected chi connectivity index (χ0v) is 9.65. The summed E-state index contributed by atoms with van der Waals surface area (Å²) >= 11 is 0. The Kier molecular flexibility index (Phi) is 4.88. The third-order valence-electron chi connectivity index (χ3n) is 1.99. The number of phenolic OH excluding ortho intramolecular Hbond substituents is 1. The largest absolute Gasteiger partial charge is 0.504 e. The highest BCUT2D eigenvalue weighted by atomic mass is 16.7. The second-order valence-corrected chi connectivity index (χ2v) is 3.11. The van der Waals surface area contributed by atoms with E-state index >= 15 is 0 Å². The van der Waals surface area contributed by atoms with E-state index in [0.29, 0.717) is 18.1 Å². The van der Waals surface area contributed by atoms with Gasteiger partial charge in [0.25, 0.3) is 0 Å². The molecule has 1 aromatic carbocycles. The number of rotatable bonds is 6. The van der Waals surface area contributed by atoms with Crippen LogP contribution in [0.25, 0.3) is 0 Å². The molecule has 0 aliphatic rings. The van der Waals surface area contributed by atoms with Gasteiger partial charge in [-0.1, -0.05) is 0 Å². The van der Waals surface area contributed by atoms with Gasteiger partial charge in [-0.25, -0.2) is 0 Å². The fourth-order valence-corrected chi connectivity index (χ4v) is 1.33. The van der Waals surface area contributed by atoms with Gasteiger partial charge in [0.15, 0.2) is 11.5 Å². The normalized spacial score (nSPS) is 10.2. The lowest BCUT2D eigenvalue weighted by Gasteiger charge is -2.11. The Morgan fingerprint density at radius 1 is 1.12 bits per heavy atom. The molecule has 5 nitrogen and oxygen atoms in total. The lowest BCUT2D eigenvalue weighted by molar-refractivity contribution is -0.0391. The minimum Gasteiger partial charge on any atom is -0.504 e. The minimum absolute atomic E-state index is 0.0258. The van der Waals surface area contributed by atoms with Crippen molar-refractivity contribution >= 4 is 0 Å². The van der Waals surface area contributed by atoms with Gasteiger partial charge in [0, 0.05) is 7.11 Å². The average Bonchev–Trinajstić information content (AvgIpc) is 2.28. The molecule has 16 heavy (non-hydrogen) atoms. The molecule has 1 aromatic rings. The van der Waals surface area contributed by atoms with E-state index in [1.165, 1.54) is 14.2 Å². The molecule has 0 saturated carbocycles. The maximum Gasteiger partial charge on any atom is 0.203 e. The Morgan fingerprint density at radius 2 is 1.88 bits per heavy atom. The van der Waals surface area contributed by atoms with Gasteiger partial charge in [-0.3, -0.25) is 0 Å². The van der Waals surface area contributed by atoms with Crippen molar-refractivity contribution in [2.45, 2.75) is 6.61 Å². The maximum absolute atomic E-state index is 9.67. The monoisotopic (exact) mass is 228 g/mol. The van der Waals surface area contributed by atoms with Gasteiger partial charge >= 0.3 is 0 Å². The summed E-state index contributed by atoms with van der Waals surface area (Å²) in [5.74, 6) is 0.814. The Balaban J connectivity index is 2.83. The number of ether oxygens (including phenoxy) is 4. The van der Waals surface area contributed by atoms with Gasteiger partial charge in [0.1, 0.15) is 6.79 Å². The highest BCUT2D eigenvalue weighted by Gasteiger charge is 2.11. The molecule has 0 aliphatic heterocycles. The molecular weight excluding hydrogens is 212 g/mol. The Labute approximate surface area is 94.5 Å². The van der Waals surface area contributed by atoms with E-state index in [-0.39, 0.29) is 12.5 Å². The first-order valence-electron chi connectivity index (χ1n) is 4.73. The van der Waals surface area contributed by atoms with Crippen LogP contribution in [0.15, 0.2) is 12.1 Å². The third-order valence-corrected chi connectivity index (χ3v) is 1.99. The molecule has 0 spiro atoms. The average molecular weight is 228 g/mol. The van der Waals surface area contributed by atoms with Crippen LogP contribution in [-0.4, -0.2) is 33.2 Å². The predicted molar refractivity (Wildman–Crippen MR) is 57.9 cm³/mol. The van der Waals surface area contributed by atoms with Crippen LogP contribution < -0.4 is 9.47 Å². The van der Waals surface area contributed by atoms with Crippen LogP contribution in [0, 0.1) is 0 Å². The van der Waals surface area contributed by atoms with E-state index in [1.54, 1.807) is 19.2 Å².